The molecular weight excluding hydrogens is 476 g/mol. The number of anilines is 2. The first-order valence-corrected chi connectivity index (χ1v) is 11.2. The number of aliphatic imine (C=N–C) groups is 1. The lowest BCUT2D eigenvalue weighted by Crippen LogP contribution is -2.49. The maximum Gasteiger partial charge on any atom is 0.256 e. The molecule has 2 aromatic carbocycles. The van der Waals surface area contributed by atoms with Gasteiger partial charge in [-0.25, -0.2) is 8.78 Å². The summed E-state index contributed by atoms with van der Waals surface area (Å²) in [4.78, 5) is 20.0. The van der Waals surface area contributed by atoms with Crippen LogP contribution in [0, 0.1) is 11.6 Å². The van der Waals surface area contributed by atoms with Crippen molar-refractivity contribution in [3.8, 4) is 0 Å². The van der Waals surface area contributed by atoms with E-state index < -0.39 is 11.6 Å². The number of hydrogen-bond donors (Lipinski definition) is 3. The number of benzene rings is 2. The van der Waals surface area contributed by atoms with Crippen LogP contribution in [0.2, 0.25) is 0 Å². The third kappa shape index (κ3) is 6.85. The zero-order chi connectivity index (χ0) is 25.4. The summed E-state index contributed by atoms with van der Waals surface area (Å²) < 4.78 is 34.5. The molecule has 0 radical (unpaired) electrons. The number of carbonyl (C=O) groups is 1. The highest BCUT2D eigenvalue weighted by Gasteiger charge is 2.25. The molecule has 0 aliphatic carbocycles. The quantitative estimate of drug-likeness (QED) is 0.174. The first-order chi connectivity index (χ1) is 16.8. The summed E-state index contributed by atoms with van der Waals surface area (Å²) >= 11 is 4.86. The van der Waals surface area contributed by atoms with Gasteiger partial charge >= 0.3 is 0 Å². The van der Waals surface area contributed by atoms with Crippen LogP contribution in [0.25, 0.3) is 0 Å². The molecule has 35 heavy (non-hydrogen) atoms. The molecule has 0 unspecified atom stereocenters. The number of rotatable bonds is 7. The van der Waals surface area contributed by atoms with Gasteiger partial charge in [-0.2, -0.15) is 5.10 Å². The molecule has 12 heteroatoms. The van der Waals surface area contributed by atoms with Gasteiger partial charge in [0.2, 0.25) is 5.91 Å². The largest absolute Gasteiger partial charge is 0.474 e. The highest BCUT2D eigenvalue weighted by atomic mass is 32.1. The standard InChI is InChI=1S/C23H27F2N7O2S/c1-34-23(35)29-14-17(30-27)13-28-16-11-18(24)22(19(25)12-16)32-8-6-31(7-9-32)21(33)10-15-4-2-3-5-20(15)26/h2-5,11-13H,6-10,14,26-27H2,1H3,(H,29,35). The minimum atomic E-state index is -0.751. The molecule has 2 aromatic rings. The highest BCUT2D eigenvalue weighted by molar-refractivity contribution is 7.80. The molecular formula is C23H27F2N7O2S. The SMILES string of the molecule is COC(=S)NCC(C=Nc1cc(F)c(N2CCN(C(=O)Cc3ccccc3N)CC2)c(F)c1)=NN. The summed E-state index contributed by atoms with van der Waals surface area (Å²) in [6.45, 7) is 1.41. The summed E-state index contributed by atoms with van der Waals surface area (Å²) in [5.74, 6) is 3.73. The van der Waals surface area contributed by atoms with Gasteiger partial charge in [0.25, 0.3) is 5.17 Å². The fourth-order valence-electron chi connectivity index (χ4n) is 3.59. The number of nitrogen functional groups attached to an aromatic ring is 1. The van der Waals surface area contributed by atoms with Crippen molar-refractivity contribution in [3.63, 3.8) is 0 Å². The van der Waals surface area contributed by atoms with Crippen molar-refractivity contribution >= 4 is 52.3 Å². The Morgan fingerprint density at radius 3 is 2.46 bits per heavy atom. The minimum Gasteiger partial charge on any atom is -0.474 e. The van der Waals surface area contributed by atoms with E-state index in [9.17, 15) is 13.6 Å². The van der Waals surface area contributed by atoms with Crippen LogP contribution >= 0.6 is 12.2 Å². The Morgan fingerprint density at radius 2 is 1.86 bits per heavy atom. The van der Waals surface area contributed by atoms with Gasteiger partial charge < -0.3 is 31.4 Å². The molecule has 5 N–H and O–H groups in total. The maximum absolute atomic E-state index is 14.8. The molecule has 1 saturated heterocycles. The second-order valence-corrected chi connectivity index (χ2v) is 8.10. The molecule has 9 nitrogen and oxygen atoms in total. The molecule has 3 rings (SSSR count). The summed E-state index contributed by atoms with van der Waals surface area (Å²) in [7, 11) is 1.41. The number of thiocarbonyl (C=S) groups is 1. The van der Waals surface area contributed by atoms with E-state index in [1.165, 1.54) is 13.3 Å². The summed E-state index contributed by atoms with van der Waals surface area (Å²) in [5.41, 5.74) is 7.45. The topological polar surface area (TPSA) is 122 Å². The number of amides is 1. The summed E-state index contributed by atoms with van der Waals surface area (Å²) in [6.07, 6.45) is 1.46. The van der Waals surface area contributed by atoms with Gasteiger partial charge in [-0.3, -0.25) is 9.79 Å². The van der Waals surface area contributed by atoms with Crippen molar-refractivity contribution in [3.05, 3.63) is 53.6 Å². The summed E-state index contributed by atoms with van der Waals surface area (Å²) in [5, 5.41) is 6.44. The Hall–Kier alpha value is -3.80. The number of piperazine rings is 1. The Balaban J connectivity index is 1.61. The normalized spacial score (nSPS) is 14.3. The molecule has 0 aromatic heterocycles. The highest BCUT2D eigenvalue weighted by Crippen LogP contribution is 2.29. The molecule has 0 atom stereocenters. The second kappa shape index (κ2) is 12.1. The van der Waals surface area contributed by atoms with Crippen LogP contribution in [-0.2, 0) is 16.0 Å². The minimum absolute atomic E-state index is 0.0634. The van der Waals surface area contributed by atoms with Crippen LogP contribution < -0.4 is 21.8 Å². The van der Waals surface area contributed by atoms with E-state index in [0.29, 0.717) is 37.6 Å². The smallest absolute Gasteiger partial charge is 0.256 e. The van der Waals surface area contributed by atoms with E-state index in [4.69, 9.17) is 28.5 Å². The number of nitrogens with two attached hydrogens (primary N) is 2. The van der Waals surface area contributed by atoms with E-state index >= 15 is 0 Å². The Morgan fingerprint density at radius 1 is 1.20 bits per heavy atom. The van der Waals surface area contributed by atoms with E-state index in [1.807, 2.05) is 18.2 Å². The van der Waals surface area contributed by atoms with Crippen molar-refractivity contribution in [2.75, 3.05) is 50.5 Å². The first kappa shape index (κ1) is 25.8. The molecule has 1 aliphatic heterocycles. The third-order valence-corrected chi connectivity index (χ3v) is 5.79. The predicted molar refractivity (Wildman–Crippen MR) is 137 cm³/mol. The molecule has 1 heterocycles. The van der Waals surface area contributed by atoms with Crippen molar-refractivity contribution in [2.24, 2.45) is 15.9 Å². The third-order valence-electron chi connectivity index (χ3n) is 5.47. The number of methoxy groups -OCH3 is 1. The molecule has 186 valence electrons. The van der Waals surface area contributed by atoms with E-state index in [2.05, 4.69) is 15.4 Å². The van der Waals surface area contributed by atoms with Crippen LogP contribution in [0.4, 0.5) is 25.8 Å². The van der Waals surface area contributed by atoms with Gasteiger partial charge in [0.15, 0.2) is 11.6 Å². The predicted octanol–water partition coefficient (Wildman–Crippen LogP) is 1.98. The first-order valence-electron chi connectivity index (χ1n) is 10.8. The van der Waals surface area contributed by atoms with Crippen LogP contribution in [0.3, 0.4) is 0 Å². The lowest BCUT2D eigenvalue weighted by molar-refractivity contribution is -0.130. The van der Waals surface area contributed by atoms with Gasteiger partial charge in [0.1, 0.15) is 5.69 Å². The van der Waals surface area contributed by atoms with Crippen LogP contribution in [0.15, 0.2) is 46.5 Å². The lowest BCUT2D eigenvalue weighted by Gasteiger charge is -2.36. The van der Waals surface area contributed by atoms with Crippen molar-refractivity contribution in [1.29, 1.82) is 0 Å². The van der Waals surface area contributed by atoms with Gasteiger partial charge in [-0.1, -0.05) is 18.2 Å². The van der Waals surface area contributed by atoms with Crippen LogP contribution in [0.5, 0.6) is 0 Å². The van der Waals surface area contributed by atoms with Gasteiger partial charge in [0, 0.05) is 44.0 Å². The zero-order valence-corrected chi connectivity index (χ0v) is 20.0. The van der Waals surface area contributed by atoms with Crippen molar-refractivity contribution < 1.29 is 18.3 Å². The number of halogens is 2. The number of nitrogens with zero attached hydrogens (tertiary/aromatic N) is 4. The monoisotopic (exact) mass is 503 g/mol. The number of nitrogens with one attached hydrogen (secondary N) is 1. The Kier molecular flexibility index (Phi) is 8.90. The number of carbonyl (C=O) groups excluding carboxylic acids is 1. The maximum atomic E-state index is 14.8. The lowest BCUT2D eigenvalue weighted by atomic mass is 10.1. The van der Waals surface area contributed by atoms with Crippen molar-refractivity contribution in [2.45, 2.75) is 6.42 Å². The Labute approximate surface area is 207 Å². The van der Waals surface area contributed by atoms with Gasteiger partial charge in [-0.05, 0) is 23.8 Å². The van der Waals surface area contributed by atoms with E-state index in [1.54, 1.807) is 15.9 Å². The number of para-hydroxylation sites is 1. The average molecular weight is 504 g/mol. The number of ether oxygens (including phenoxy) is 1. The average Bonchev–Trinajstić information content (AvgIpc) is 2.85. The van der Waals surface area contributed by atoms with Crippen molar-refractivity contribution in [1.82, 2.24) is 10.2 Å². The number of hydrazone groups is 1. The fourth-order valence-corrected chi connectivity index (χ4v) is 3.66. The van der Waals surface area contributed by atoms with E-state index in [0.717, 1.165) is 17.7 Å². The van der Waals surface area contributed by atoms with Crippen LogP contribution in [0.1, 0.15) is 5.56 Å². The van der Waals surface area contributed by atoms with Gasteiger partial charge in [-0.15, -0.1) is 0 Å². The summed E-state index contributed by atoms with van der Waals surface area (Å²) in [6, 6.07) is 9.45. The number of hydrogen-bond acceptors (Lipinski definition) is 8. The fraction of sp³-hybridized carbons (Fsp3) is 0.304. The molecule has 1 aliphatic rings. The van der Waals surface area contributed by atoms with Crippen LogP contribution in [-0.4, -0.2) is 67.7 Å². The van der Waals surface area contributed by atoms with Gasteiger partial charge in [0.05, 0.1) is 37.7 Å². The Bertz CT molecular complexity index is 1110. The molecule has 0 bridgehead atoms. The zero-order valence-electron chi connectivity index (χ0n) is 19.2. The molecule has 0 saturated carbocycles. The molecule has 1 amide bonds. The molecule has 1 fully saturated rings. The molecule has 0 spiro atoms. The van der Waals surface area contributed by atoms with E-state index in [-0.39, 0.29) is 35.4 Å². The second-order valence-electron chi connectivity index (χ2n) is 7.73.